The lowest BCUT2D eigenvalue weighted by Gasteiger charge is -2.29. The van der Waals surface area contributed by atoms with E-state index in [2.05, 4.69) is 39.7 Å². The fraction of sp³-hybridized carbons (Fsp3) is 0.444. The van der Waals surface area contributed by atoms with E-state index in [1.807, 2.05) is 12.5 Å². The maximum absolute atomic E-state index is 5.54. The molecular weight excluding hydrogens is 290 g/mol. The van der Waals surface area contributed by atoms with E-state index >= 15 is 0 Å². The highest BCUT2D eigenvalue weighted by Gasteiger charge is 2.30. The Hall–Kier alpha value is -1.68. The Morgan fingerprint density at radius 2 is 2.05 bits per heavy atom. The largest absolute Gasteiger partial charge is 0.335 e. The first-order valence-electron chi connectivity index (χ1n) is 8.21. The lowest BCUT2D eigenvalue weighted by atomic mass is 9.92. The van der Waals surface area contributed by atoms with Gasteiger partial charge >= 0.3 is 0 Å². The molecule has 1 atom stereocenters. The zero-order valence-corrected chi connectivity index (χ0v) is 13.8. The maximum atomic E-state index is 5.54. The molecular formula is C18H21N3S. The van der Waals surface area contributed by atoms with E-state index < -0.39 is 0 Å². The van der Waals surface area contributed by atoms with E-state index in [4.69, 9.17) is 12.2 Å². The molecule has 2 aliphatic heterocycles. The second-order valence-electron chi connectivity index (χ2n) is 6.30. The van der Waals surface area contributed by atoms with Crippen molar-refractivity contribution in [1.29, 1.82) is 0 Å². The summed E-state index contributed by atoms with van der Waals surface area (Å²) in [4.78, 5) is 7.72. The van der Waals surface area contributed by atoms with Crippen LogP contribution in [0, 0.1) is 0 Å². The molecule has 0 bridgehead atoms. The molecule has 114 valence electrons. The molecule has 4 rings (SSSR count). The smallest absolute Gasteiger partial charge is 0.0951 e. The number of aromatic nitrogens is 2. The van der Waals surface area contributed by atoms with E-state index in [9.17, 15) is 0 Å². The molecule has 1 unspecified atom stereocenters. The minimum atomic E-state index is 0.400. The Labute approximate surface area is 137 Å². The number of aryl methyl sites for hydroxylation is 1. The van der Waals surface area contributed by atoms with Crippen molar-refractivity contribution in [3.05, 3.63) is 47.5 Å². The number of hydrogen-bond donors (Lipinski definition) is 0. The molecule has 0 fully saturated rings. The van der Waals surface area contributed by atoms with Gasteiger partial charge in [-0.3, -0.25) is 0 Å². The highest BCUT2D eigenvalue weighted by atomic mass is 32.1. The van der Waals surface area contributed by atoms with Gasteiger partial charge in [0.25, 0.3) is 0 Å². The van der Waals surface area contributed by atoms with Gasteiger partial charge in [0.15, 0.2) is 0 Å². The topological polar surface area (TPSA) is 21.1 Å². The first-order valence-corrected chi connectivity index (χ1v) is 8.62. The van der Waals surface area contributed by atoms with Gasteiger partial charge in [-0.1, -0.05) is 37.7 Å². The summed E-state index contributed by atoms with van der Waals surface area (Å²) in [5.74, 6) is 0. The van der Waals surface area contributed by atoms with Gasteiger partial charge in [-0.2, -0.15) is 0 Å². The van der Waals surface area contributed by atoms with Crippen LogP contribution in [0.25, 0.3) is 0 Å². The molecule has 2 aromatic rings. The number of anilines is 1. The average molecular weight is 311 g/mol. The van der Waals surface area contributed by atoms with Gasteiger partial charge in [-0.15, -0.1) is 0 Å². The Kier molecular flexibility index (Phi) is 3.49. The van der Waals surface area contributed by atoms with Crippen LogP contribution >= 0.6 is 12.2 Å². The monoisotopic (exact) mass is 311 g/mol. The summed E-state index contributed by atoms with van der Waals surface area (Å²) in [5.41, 5.74) is 5.82. The molecule has 0 N–H and O–H groups in total. The molecule has 0 saturated heterocycles. The first kappa shape index (κ1) is 13.9. The van der Waals surface area contributed by atoms with Crippen molar-refractivity contribution in [3.8, 4) is 0 Å². The molecule has 0 radical (unpaired) electrons. The maximum Gasteiger partial charge on any atom is 0.0951 e. The van der Waals surface area contributed by atoms with E-state index in [-0.39, 0.29) is 0 Å². The third-order valence-electron chi connectivity index (χ3n) is 4.91. The van der Waals surface area contributed by atoms with Gasteiger partial charge in [-0.25, -0.2) is 4.98 Å². The predicted octanol–water partition coefficient (Wildman–Crippen LogP) is 3.91. The standard InChI is InChI=1S/C18H21N3S/c1-2-3-16(20-9-7-19-12-20)15-10-13-4-5-17(22)21-8-6-14(11-15)18(13)21/h7,9-12,16H,2-6,8H2,1H3. The predicted molar refractivity (Wildman–Crippen MR) is 93.7 cm³/mol. The fourth-order valence-electron chi connectivity index (χ4n) is 3.89. The Morgan fingerprint density at radius 3 is 2.77 bits per heavy atom. The molecule has 1 aromatic carbocycles. The minimum absolute atomic E-state index is 0.400. The van der Waals surface area contributed by atoms with Gasteiger partial charge in [0, 0.05) is 31.0 Å². The van der Waals surface area contributed by atoms with Crippen LogP contribution in [0.4, 0.5) is 5.69 Å². The van der Waals surface area contributed by atoms with Gasteiger partial charge in [-0.05, 0) is 36.0 Å². The number of benzene rings is 1. The van der Waals surface area contributed by atoms with Gasteiger partial charge in [0.05, 0.1) is 17.4 Å². The van der Waals surface area contributed by atoms with E-state index in [1.54, 1.807) is 0 Å². The van der Waals surface area contributed by atoms with Crippen LogP contribution in [-0.4, -0.2) is 21.1 Å². The summed E-state index contributed by atoms with van der Waals surface area (Å²) in [6.45, 7) is 3.32. The number of thiocarbonyl (C=S) groups is 1. The second kappa shape index (κ2) is 5.51. The fourth-order valence-corrected chi connectivity index (χ4v) is 4.18. The van der Waals surface area contributed by atoms with Crippen LogP contribution in [0.1, 0.15) is 48.9 Å². The van der Waals surface area contributed by atoms with Crippen molar-refractivity contribution in [2.45, 2.75) is 45.1 Å². The van der Waals surface area contributed by atoms with Crippen LogP contribution in [-0.2, 0) is 12.8 Å². The number of rotatable bonds is 4. The summed E-state index contributed by atoms with van der Waals surface area (Å²) >= 11 is 5.54. The number of nitrogens with zero attached hydrogens (tertiary/aromatic N) is 3. The van der Waals surface area contributed by atoms with Crippen LogP contribution in [0.3, 0.4) is 0 Å². The molecule has 3 heterocycles. The van der Waals surface area contributed by atoms with Crippen LogP contribution in [0.15, 0.2) is 30.9 Å². The molecule has 4 heteroatoms. The van der Waals surface area contributed by atoms with Crippen molar-refractivity contribution >= 4 is 22.9 Å². The molecule has 0 spiro atoms. The Morgan fingerprint density at radius 1 is 1.23 bits per heavy atom. The molecule has 2 aliphatic rings. The lowest BCUT2D eigenvalue weighted by molar-refractivity contribution is 0.532. The third kappa shape index (κ3) is 2.17. The van der Waals surface area contributed by atoms with Crippen LogP contribution < -0.4 is 4.90 Å². The van der Waals surface area contributed by atoms with Gasteiger partial charge in [0.2, 0.25) is 0 Å². The van der Waals surface area contributed by atoms with Gasteiger partial charge in [0.1, 0.15) is 0 Å². The summed E-state index contributed by atoms with van der Waals surface area (Å²) in [7, 11) is 0. The minimum Gasteiger partial charge on any atom is -0.335 e. The van der Waals surface area contributed by atoms with E-state index in [1.165, 1.54) is 28.8 Å². The molecule has 22 heavy (non-hydrogen) atoms. The molecule has 0 saturated carbocycles. The highest BCUT2D eigenvalue weighted by molar-refractivity contribution is 7.80. The van der Waals surface area contributed by atoms with Crippen molar-refractivity contribution < 1.29 is 0 Å². The Bertz CT molecular complexity index is 705. The van der Waals surface area contributed by atoms with Crippen LogP contribution in [0.5, 0.6) is 0 Å². The first-order chi connectivity index (χ1) is 10.8. The summed E-state index contributed by atoms with van der Waals surface area (Å²) in [6.07, 6.45) is 11.5. The average Bonchev–Trinajstić information content (AvgIpc) is 3.19. The number of hydrogen-bond acceptors (Lipinski definition) is 2. The SMILES string of the molecule is CCCC(c1cc2c3c(c1)CCN3C(=S)CC2)n1ccnc1. The second-order valence-corrected chi connectivity index (χ2v) is 6.77. The van der Waals surface area contributed by atoms with E-state index in [0.717, 1.165) is 37.2 Å². The van der Waals surface area contributed by atoms with Crippen molar-refractivity contribution in [2.75, 3.05) is 11.4 Å². The molecule has 0 amide bonds. The summed E-state index contributed by atoms with van der Waals surface area (Å²) in [6, 6.07) is 5.23. The van der Waals surface area contributed by atoms with Gasteiger partial charge < -0.3 is 9.47 Å². The molecule has 0 aliphatic carbocycles. The summed E-state index contributed by atoms with van der Waals surface area (Å²) < 4.78 is 2.25. The normalized spacial score (nSPS) is 17.7. The van der Waals surface area contributed by atoms with Crippen molar-refractivity contribution in [1.82, 2.24) is 9.55 Å². The molecule has 1 aromatic heterocycles. The van der Waals surface area contributed by atoms with Crippen molar-refractivity contribution in [2.24, 2.45) is 0 Å². The summed E-state index contributed by atoms with van der Waals surface area (Å²) in [5, 5.41) is 0. The zero-order valence-electron chi connectivity index (χ0n) is 13.0. The van der Waals surface area contributed by atoms with Crippen LogP contribution in [0.2, 0.25) is 0 Å². The van der Waals surface area contributed by atoms with Crippen molar-refractivity contribution in [3.63, 3.8) is 0 Å². The third-order valence-corrected chi connectivity index (χ3v) is 5.33. The quantitative estimate of drug-likeness (QED) is 0.799. The lowest BCUT2D eigenvalue weighted by Crippen LogP contribution is -2.31. The van der Waals surface area contributed by atoms with E-state index in [0.29, 0.717) is 6.04 Å². The zero-order chi connectivity index (χ0) is 15.1. The number of imidazole rings is 1. The highest BCUT2D eigenvalue weighted by Crippen LogP contribution is 2.40. The Balaban J connectivity index is 1.79. The molecule has 3 nitrogen and oxygen atoms in total.